The molecule has 1 aliphatic rings. The smallest absolute Gasteiger partial charge is 0.251 e. The first kappa shape index (κ1) is 14.4. The molecule has 0 heterocycles. The molecule has 0 unspecified atom stereocenters. The average Bonchev–Trinajstić information content (AvgIpc) is 2.80. The van der Waals surface area contributed by atoms with Crippen molar-refractivity contribution in [3.8, 4) is 0 Å². The second-order valence-electron chi connectivity index (χ2n) is 6.41. The predicted molar refractivity (Wildman–Crippen MR) is 77.8 cm³/mol. The fourth-order valence-electron chi connectivity index (χ4n) is 2.62. The van der Waals surface area contributed by atoms with E-state index in [9.17, 15) is 4.79 Å². The Balaban J connectivity index is 2.08. The number of hydrogen-bond donors (Lipinski definition) is 3. The fraction of sp³-hybridized carbons (Fsp3) is 0.467. The van der Waals surface area contributed by atoms with Crippen LogP contribution < -0.4 is 11.1 Å². The molecule has 1 aromatic rings. The number of rotatable bonds is 3. The third-order valence-electron chi connectivity index (χ3n) is 4.85. The van der Waals surface area contributed by atoms with Crippen molar-refractivity contribution >= 4 is 11.7 Å². The first-order valence-electron chi connectivity index (χ1n) is 6.60. The molecule has 0 radical (unpaired) electrons. The molecule has 0 aliphatic heterocycles. The lowest BCUT2D eigenvalue weighted by Gasteiger charge is -2.07. The summed E-state index contributed by atoms with van der Waals surface area (Å²) in [6.07, 6.45) is 0. The summed E-state index contributed by atoms with van der Waals surface area (Å²) in [5.74, 6) is -0.0684. The molecule has 0 spiro atoms. The summed E-state index contributed by atoms with van der Waals surface area (Å²) in [7, 11) is 0. The molecule has 108 valence electrons. The van der Waals surface area contributed by atoms with E-state index in [4.69, 9.17) is 10.9 Å². The van der Waals surface area contributed by atoms with Crippen molar-refractivity contribution in [2.24, 2.45) is 21.7 Å². The number of nitrogens with two attached hydrogens (primary N) is 1. The van der Waals surface area contributed by atoms with Gasteiger partial charge < -0.3 is 16.3 Å². The van der Waals surface area contributed by atoms with E-state index in [1.54, 1.807) is 24.3 Å². The molecule has 20 heavy (non-hydrogen) atoms. The predicted octanol–water partition coefficient (Wildman–Crippen LogP) is 1.95. The van der Waals surface area contributed by atoms with Crippen molar-refractivity contribution in [1.82, 2.24) is 5.32 Å². The van der Waals surface area contributed by atoms with E-state index in [1.165, 1.54) is 0 Å². The van der Waals surface area contributed by atoms with E-state index in [2.05, 4.69) is 38.2 Å². The molecule has 0 aromatic heterocycles. The van der Waals surface area contributed by atoms with Crippen molar-refractivity contribution in [3.63, 3.8) is 0 Å². The van der Waals surface area contributed by atoms with Crippen molar-refractivity contribution in [2.45, 2.75) is 33.7 Å². The van der Waals surface area contributed by atoms with E-state index in [0.29, 0.717) is 11.1 Å². The van der Waals surface area contributed by atoms with Gasteiger partial charge in [0.05, 0.1) is 0 Å². The summed E-state index contributed by atoms with van der Waals surface area (Å²) in [4.78, 5) is 12.2. The van der Waals surface area contributed by atoms with E-state index in [-0.39, 0.29) is 28.6 Å². The molecule has 4 N–H and O–H groups in total. The highest BCUT2D eigenvalue weighted by molar-refractivity contribution is 5.99. The highest BCUT2D eigenvalue weighted by Gasteiger charge is 2.65. The second-order valence-corrected chi connectivity index (χ2v) is 6.41. The normalized spacial score (nSPS) is 20.5. The van der Waals surface area contributed by atoms with Crippen LogP contribution in [0.2, 0.25) is 0 Å². The molecule has 0 bridgehead atoms. The summed E-state index contributed by atoms with van der Waals surface area (Å²) in [5, 5.41) is 14.6. The fourth-order valence-corrected chi connectivity index (χ4v) is 2.62. The van der Waals surface area contributed by atoms with Gasteiger partial charge in [0, 0.05) is 17.2 Å². The van der Waals surface area contributed by atoms with E-state index < -0.39 is 0 Å². The minimum absolute atomic E-state index is 0.0291. The Hall–Kier alpha value is -2.04. The zero-order valence-corrected chi connectivity index (χ0v) is 12.3. The highest BCUT2D eigenvalue weighted by atomic mass is 16.4. The highest BCUT2D eigenvalue weighted by Crippen LogP contribution is 2.62. The first-order chi connectivity index (χ1) is 9.21. The maximum absolute atomic E-state index is 12.2. The topological polar surface area (TPSA) is 87.7 Å². The third-order valence-corrected chi connectivity index (χ3v) is 4.85. The van der Waals surface area contributed by atoms with Crippen LogP contribution in [0.3, 0.4) is 0 Å². The number of amidine groups is 1. The number of hydrogen-bond acceptors (Lipinski definition) is 3. The molecule has 1 fully saturated rings. The molecule has 5 nitrogen and oxygen atoms in total. The zero-order chi connectivity index (χ0) is 15.1. The number of oxime groups is 1. The van der Waals surface area contributed by atoms with Crippen LogP contribution in [0.5, 0.6) is 0 Å². The van der Waals surface area contributed by atoms with Crippen molar-refractivity contribution in [1.29, 1.82) is 0 Å². The largest absolute Gasteiger partial charge is 0.409 e. The van der Waals surface area contributed by atoms with Gasteiger partial charge in [-0.15, -0.1) is 0 Å². The molecule has 2 rings (SSSR count). The minimum atomic E-state index is -0.0975. The van der Waals surface area contributed by atoms with Crippen LogP contribution in [0.15, 0.2) is 29.4 Å². The third kappa shape index (κ3) is 2.13. The molecular weight excluding hydrogens is 254 g/mol. The quantitative estimate of drug-likeness (QED) is 0.341. The lowest BCUT2D eigenvalue weighted by molar-refractivity contribution is 0.0943. The van der Waals surface area contributed by atoms with Gasteiger partial charge in [0.1, 0.15) is 0 Å². The van der Waals surface area contributed by atoms with Gasteiger partial charge >= 0.3 is 0 Å². The molecular formula is C15H21N3O2. The molecule has 1 aliphatic carbocycles. The van der Waals surface area contributed by atoms with Crippen molar-refractivity contribution < 1.29 is 10.0 Å². The lowest BCUT2D eigenvalue weighted by atomic mass is 10.0. The number of carbonyl (C=O) groups is 1. The summed E-state index contributed by atoms with van der Waals surface area (Å²) in [5.41, 5.74) is 6.84. The van der Waals surface area contributed by atoms with E-state index in [1.807, 2.05) is 0 Å². The second kappa shape index (κ2) is 4.51. The van der Waals surface area contributed by atoms with Gasteiger partial charge in [-0.1, -0.05) is 45.0 Å². The summed E-state index contributed by atoms with van der Waals surface area (Å²) in [6, 6.07) is 6.84. The van der Waals surface area contributed by atoms with Crippen LogP contribution >= 0.6 is 0 Å². The SMILES string of the molecule is CC1(C)C(NC(=O)c2ccc(C(N)=NO)cc2)C1(C)C. The number of carbonyl (C=O) groups excluding carboxylic acids is 1. The number of amides is 1. The molecule has 1 amide bonds. The standard InChI is InChI=1S/C15H21N3O2/c1-14(2)13(15(14,3)4)17-12(19)10-7-5-9(6-8-10)11(16)18-20/h5-8,13,20H,1-4H3,(H2,16,18)(H,17,19). The van der Waals surface area contributed by atoms with Gasteiger partial charge in [-0.05, 0) is 23.0 Å². The van der Waals surface area contributed by atoms with E-state index >= 15 is 0 Å². The maximum Gasteiger partial charge on any atom is 0.251 e. The van der Waals surface area contributed by atoms with Gasteiger partial charge in [-0.25, -0.2) is 0 Å². The van der Waals surface area contributed by atoms with Gasteiger partial charge in [-0.3, -0.25) is 4.79 Å². The average molecular weight is 275 g/mol. The number of nitrogens with one attached hydrogen (secondary N) is 1. The van der Waals surface area contributed by atoms with Gasteiger partial charge in [0.2, 0.25) is 0 Å². The molecule has 1 aromatic carbocycles. The lowest BCUT2D eigenvalue weighted by Crippen LogP contribution is -2.29. The Morgan fingerprint density at radius 2 is 1.60 bits per heavy atom. The zero-order valence-electron chi connectivity index (χ0n) is 12.3. The Morgan fingerprint density at radius 3 is 2.00 bits per heavy atom. The summed E-state index contributed by atoms with van der Waals surface area (Å²) < 4.78 is 0. The van der Waals surface area contributed by atoms with Crippen LogP contribution in [0.1, 0.15) is 43.6 Å². The van der Waals surface area contributed by atoms with E-state index in [0.717, 1.165) is 0 Å². The summed E-state index contributed by atoms with van der Waals surface area (Å²) >= 11 is 0. The molecule has 0 saturated heterocycles. The van der Waals surface area contributed by atoms with Gasteiger partial charge in [-0.2, -0.15) is 0 Å². The number of nitrogens with zero attached hydrogens (tertiary/aromatic N) is 1. The van der Waals surface area contributed by atoms with Gasteiger partial charge in [0.15, 0.2) is 5.84 Å². The van der Waals surface area contributed by atoms with Gasteiger partial charge in [0.25, 0.3) is 5.91 Å². The monoisotopic (exact) mass is 275 g/mol. The minimum Gasteiger partial charge on any atom is -0.409 e. The molecule has 0 atom stereocenters. The Bertz CT molecular complexity index is 545. The first-order valence-corrected chi connectivity index (χ1v) is 6.60. The summed E-state index contributed by atoms with van der Waals surface area (Å²) in [6.45, 7) is 8.61. The van der Waals surface area contributed by atoms with Crippen molar-refractivity contribution in [2.75, 3.05) is 0 Å². The Labute approximate surface area is 118 Å². The molecule has 5 heteroatoms. The van der Waals surface area contributed by atoms with Crippen LogP contribution in [-0.2, 0) is 0 Å². The van der Waals surface area contributed by atoms with Crippen LogP contribution in [0.4, 0.5) is 0 Å². The number of benzene rings is 1. The molecule has 1 saturated carbocycles. The van der Waals surface area contributed by atoms with Crippen molar-refractivity contribution in [3.05, 3.63) is 35.4 Å². The Kier molecular flexibility index (Phi) is 3.24. The Morgan fingerprint density at radius 1 is 1.15 bits per heavy atom. The van der Waals surface area contributed by atoms with Crippen LogP contribution in [-0.4, -0.2) is 23.0 Å². The van der Waals surface area contributed by atoms with Crippen LogP contribution in [0, 0.1) is 10.8 Å². The maximum atomic E-state index is 12.2. The van der Waals surface area contributed by atoms with Crippen LogP contribution in [0.25, 0.3) is 0 Å².